The molecule has 0 radical (unpaired) electrons. The average Bonchev–Trinajstić information content (AvgIpc) is 2.83. The summed E-state index contributed by atoms with van der Waals surface area (Å²) >= 11 is 0. The van der Waals surface area contributed by atoms with Gasteiger partial charge >= 0.3 is 0 Å². The third-order valence-electron chi connectivity index (χ3n) is 3.49. The van der Waals surface area contributed by atoms with Gasteiger partial charge in [0, 0.05) is 24.6 Å². The molecule has 1 saturated carbocycles. The lowest BCUT2D eigenvalue weighted by Gasteiger charge is -2.15. The fourth-order valence-electron chi connectivity index (χ4n) is 2.63. The molecule has 1 fully saturated rings. The fraction of sp³-hybridized carbons (Fsp3) is 0.769. The van der Waals surface area contributed by atoms with Gasteiger partial charge in [0.25, 0.3) is 0 Å². The highest BCUT2D eigenvalue weighted by Crippen LogP contribution is 2.34. The van der Waals surface area contributed by atoms with Gasteiger partial charge in [-0.05, 0) is 33.2 Å². The number of hydrogen-bond donors (Lipinski definition) is 1. The van der Waals surface area contributed by atoms with Crippen LogP contribution < -0.4 is 5.73 Å². The highest BCUT2D eigenvalue weighted by molar-refractivity contribution is 5.11. The van der Waals surface area contributed by atoms with Crippen LogP contribution in [0, 0.1) is 0 Å². The molecule has 3 heteroatoms. The zero-order valence-corrected chi connectivity index (χ0v) is 10.4. The summed E-state index contributed by atoms with van der Waals surface area (Å²) in [6, 6.07) is 0.509. The third-order valence-corrected chi connectivity index (χ3v) is 3.49. The summed E-state index contributed by atoms with van der Waals surface area (Å²) in [5.74, 6) is 1.99. The molecule has 0 spiro atoms. The summed E-state index contributed by atoms with van der Waals surface area (Å²) in [5, 5.41) is 0. The van der Waals surface area contributed by atoms with Crippen LogP contribution in [0.25, 0.3) is 0 Å². The summed E-state index contributed by atoms with van der Waals surface area (Å²) in [6.07, 6.45) is 8.45. The van der Waals surface area contributed by atoms with E-state index in [-0.39, 0.29) is 0 Å². The number of imidazole rings is 1. The third kappa shape index (κ3) is 2.29. The lowest BCUT2D eigenvalue weighted by atomic mass is 10.1. The van der Waals surface area contributed by atoms with Crippen molar-refractivity contribution in [1.82, 2.24) is 9.55 Å². The molecule has 0 aromatic carbocycles. The Morgan fingerprint density at radius 3 is 2.69 bits per heavy atom. The van der Waals surface area contributed by atoms with E-state index in [0.29, 0.717) is 18.5 Å². The molecular formula is C13H23N3. The SMILES string of the molecule is CC(C)n1cc(CCN)nc1C1CCCC1. The van der Waals surface area contributed by atoms with Crippen LogP contribution in [0.2, 0.25) is 0 Å². The molecule has 0 saturated heterocycles. The first-order valence-electron chi connectivity index (χ1n) is 6.50. The molecule has 2 rings (SSSR count). The standard InChI is InChI=1S/C13H23N3/c1-10(2)16-9-12(7-8-14)15-13(16)11-5-3-4-6-11/h9-11H,3-8,14H2,1-2H3. The van der Waals surface area contributed by atoms with Crippen molar-refractivity contribution in [3.8, 4) is 0 Å². The van der Waals surface area contributed by atoms with Gasteiger partial charge in [-0.15, -0.1) is 0 Å². The van der Waals surface area contributed by atoms with E-state index in [0.717, 1.165) is 12.1 Å². The van der Waals surface area contributed by atoms with Gasteiger partial charge in [0.15, 0.2) is 0 Å². The number of aromatic nitrogens is 2. The minimum absolute atomic E-state index is 0.509. The number of nitrogens with two attached hydrogens (primary N) is 1. The Hall–Kier alpha value is -0.830. The minimum Gasteiger partial charge on any atom is -0.332 e. The first-order valence-corrected chi connectivity index (χ1v) is 6.50. The van der Waals surface area contributed by atoms with Crippen LogP contribution in [0.1, 0.15) is 63.0 Å². The Balaban J connectivity index is 2.25. The van der Waals surface area contributed by atoms with Gasteiger partial charge in [0.2, 0.25) is 0 Å². The van der Waals surface area contributed by atoms with Crippen LogP contribution in [0.3, 0.4) is 0 Å². The van der Waals surface area contributed by atoms with Crippen molar-refractivity contribution in [2.75, 3.05) is 6.54 Å². The van der Waals surface area contributed by atoms with Crippen LogP contribution in [-0.2, 0) is 6.42 Å². The van der Waals surface area contributed by atoms with Crippen LogP contribution in [-0.4, -0.2) is 16.1 Å². The molecule has 16 heavy (non-hydrogen) atoms. The van der Waals surface area contributed by atoms with Gasteiger partial charge in [-0.1, -0.05) is 12.8 Å². The van der Waals surface area contributed by atoms with Crippen molar-refractivity contribution in [3.05, 3.63) is 17.7 Å². The van der Waals surface area contributed by atoms with E-state index in [4.69, 9.17) is 10.7 Å². The Morgan fingerprint density at radius 2 is 2.12 bits per heavy atom. The summed E-state index contributed by atoms with van der Waals surface area (Å²) in [6.45, 7) is 5.15. The molecule has 0 amide bonds. The topological polar surface area (TPSA) is 43.8 Å². The second-order valence-electron chi connectivity index (χ2n) is 5.11. The van der Waals surface area contributed by atoms with E-state index in [1.165, 1.54) is 31.5 Å². The van der Waals surface area contributed by atoms with Crippen LogP contribution in [0.5, 0.6) is 0 Å². The van der Waals surface area contributed by atoms with E-state index >= 15 is 0 Å². The van der Waals surface area contributed by atoms with Gasteiger partial charge in [-0.25, -0.2) is 4.98 Å². The van der Waals surface area contributed by atoms with E-state index in [9.17, 15) is 0 Å². The van der Waals surface area contributed by atoms with Crippen molar-refractivity contribution < 1.29 is 0 Å². The molecule has 1 heterocycles. The first kappa shape index (κ1) is 11.6. The molecule has 0 bridgehead atoms. The molecular weight excluding hydrogens is 198 g/mol. The maximum atomic E-state index is 5.60. The smallest absolute Gasteiger partial charge is 0.112 e. The van der Waals surface area contributed by atoms with Gasteiger partial charge in [-0.2, -0.15) is 0 Å². The van der Waals surface area contributed by atoms with Gasteiger partial charge in [0.1, 0.15) is 5.82 Å². The molecule has 1 aromatic rings. The van der Waals surface area contributed by atoms with Gasteiger partial charge in [-0.3, -0.25) is 0 Å². The van der Waals surface area contributed by atoms with E-state index < -0.39 is 0 Å². The number of nitrogens with zero attached hydrogens (tertiary/aromatic N) is 2. The minimum atomic E-state index is 0.509. The van der Waals surface area contributed by atoms with Crippen molar-refractivity contribution in [1.29, 1.82) is 0 Å². The summed E-state index contributed by atoms with van der Waals surface area (Å²) in [5.41, 5.74) is 6.77. The maximum absolute atomic E-state index is 5.60. The molecule has 90 valence electrons. The van der Waals surface area contributed by atoms with E-state index in [1.54, 1.807) is 0 Å². The number of rotatable bonds is 4. The maximum Gasteiger partial charge on any atom is 0.112 e. The van der Waals surface area contributed by atoms with E-state index in [2.05, 4.69) is 24.6 Å². The molecule has 0 atom stereocenters. The fourth-order valence-corrected chi connectivity index (χ4v) is 2.63. The first-order chi connectivity index (χ1) is 7.72. The largest absolute Gasteiger partial charge is 0.332 e. The lowest BCUT2D eigenvalue weighted by Crippen LogP contribution is -2.08. The Morgan fingerprint density at radius 1 is 1.44 bits per heavy atom. The Bertz CT molecular complexity index is 335. The van der Waals surface area contributed by atoms with Crippen molar-refractivity contribution in [2.24, 2.45) is 5.73 Å². The highest BCUT2D eigenvalue weighted by Gasteiger charge is 2.23. The van der Waals surface area contributed by atoms with Crippen LogP contribution >= 0.6 is 0 Å². The van der Waals surface area contributed by atoms with Gasteiger partial charge < -0.3 is 10.3 Å². The zero-order valence-electron chi connectivity index (χ0n) is 10.4. The van der Waals surface area contributed by atoms with Gasteiger partial charge in [0.05, 0.1) is 5.69 Å². The Kier molecular flexibility index (Phi) is 3.64. The molecule has 2 N–H and O–H groups in total. The van der Waals surface area contributed by atoms with E-state index in [1.807, 2.05) is 0 Å². The second kappa shape index (κ2) is 5.00. The monoisotopic (exact) mass is 221 g/mol. The summed E-state index contributed by atoms with van der Waals surface area (Å²) in [7, 11) is 0. The summed E-state index contributed by atoms with van der Waals surface area (Å²) in [4.78, 5) is 4.79. The molecule has 1 aromatic heterocycles. The Labute approximate surface area is 98.1 Å². The molecule has 1 aliphatic rings. The normalized spacial score (nSPS) is 17.5. The predicted molar refractivity (Wildman–Crippen MR) is 66.6 cm³/mol. The second-order valence-corrected chi connectivity index (χ2v) is 5.11. The lowest BCUT2D eigenvalue weighted by molar-refractivity contribution is 0.528. The molecule has 0 aliphatic heterocycles. The average molecular weight is 221 g/mol. The predicted octanol–water partition coefficient (Wildman–Crippen LogP) is 2.62. The van der Waals surface area contributed by atoms with Crippen molar-refractivity contribution in [2.45, 2.75) is 57.9 Å². The molecule has 3 nitrogen and oxygen atoms in total. The van der Waals surface area contributed by atoms with Crippen LogP contribution in [0.4, 0.5) is 0 Å². The molecule has 1 aliphatic carbocycles. The van der Waals surface area contributed by atoms with Crippen molar-refractivity contribution in [3.63, 3.8) is 0 Å². The quantitative estimate of drug-likeness (QED) is 0.849. The zero-order chi connectivity index (χ0) is 11.5. The van der Waals surface area contributed by atoms with Crippen molar-refractivity contribution >= 4 is 0 Å². The molecule has 0 unspecified atom stereocenters. The number of hydrogen-bond acceptors (Lipinski definition) is 2. The highest BCUT2D eigenvalue weighted by atomic mass is 15.1. The summed E-state index contributed by atoms with van der Waals surface area (Å²) < 4.78 is 2.35. The van der Waals surface area contributed by atoms with Crippen LogP contribution in [0.15, 0.2) is 6.20 Å².